The first kappa shape index (κ1) is 21.3. The predicted molar refractivity (Wildman–Crippen MR) is 112 cm³/mol. The zero-order valence-electron chi connectivity index (χ0n) is 15.8. The molecule has 0 fully saturated rings. The molecule has 0 aromatic heterocycles. The molecule has 2 amide bonds. The fourth-order valence-electron chi connectivity index (χ4n) is 2.54. The van der Waals surface area contributed by atoms with Crippen LogP contribution in [0.4, 0.5) is 0 Å². The lowest BCUT2D eigenvalue weighted by Crippen LogP contribution is -2.49. The molecule has 0 heterocycles. The van der Waals surface area contributed by atoms with Crippen LogP contribution in [0.1, 0.15) is 26.3 Å². The molecule has 0 aliphatic heterocycles. The van der Waals surface area contributed by atoms with E-state index in [1.165, 1.54) is 11.8 Å². The van der Waals surface area contributed by atoms with Crippen LogP contribution in [-0.4, -0.2) is 34.6 Å². The van der Waals surface area contributed by atoms with Crippen molar-refractivity contribution in [1.29, 1.82) is 0 Å². The Balaban J connectivity index is 2.15. The molecule has 1 atom stereocenters. The molecule has 2 aromatic rings. The van der Waals surface area contributed by atoms with Gasteiger partial charge in [-0.2, -0.15) is 0 Å². The maximum atomic E-state index is 12.9. The SMILES string of the molecule is CC(C)NC(=O)C(C)N(Cc1ccccc1Cl)C(=O)CSc1ccccc1. The Hall–Kier alpha value is -1.98. The standard InChI is InChI=1S/C21H25ClN2O2S/c1-15(2)23-21(26)16(3)24(13-17-9-7-8-12-19(17)22)20(25)14-27-18-10-5-4-6-11-18/h4-12,15-16H,13-14H2,1-3H3,(H,23,26). The summed E-state index contributed by atoms with van der Waals surface area (Å²) in [6, 6.07) is 16.5. The minimum atomic E-state index is -0.590. The quantitative estimate of drug-likeness (QED) is 0.664. The third kappa shape index (κ3) is 6.60. The topological polar surface area (TPSA) is 49.4 Å². The maximum absolute atomic E-state index is 12.9. The number of amides is 2. The molecule has 0 saturated carbocycles. The van der Waals surface area contributed by atoms with Crippen LogP contribution in [0.5, 0.6) is 0 Å². The Bertz CT molecular complexity index is 768. The molecular weight excluding hydrogens is 380 g/mol. The molecule has 27 heavy (non-hydrogen) atoms. The Kier molecular flexibility index (Phi) is 8.20. The van der Waals surface area contributed by atoms with Crippen LogP contribution in [0.25, 0.3) is 0 Å². The van der Waals surface area contributed by atoms with Gasteiger partial charge >= 0.3 is 0 Å². The Morgan fingerprint density at radius 3 is 2.30 bits per heavy atom. The first-order chi connectivity index (χ1) is 12.9. The Morgan fingerprint density at radius 1 is 1.04 bits per heavy atom. The van der Waals surface area contributed by atoms with Gasteiger partial charge in [-0.25, -0.2) is 0 Å². The van der Waals surface area contributed by atoms with Crippen LogP contribution in [-0.2, 0) is 16.1 Å². The monoisotopic (exact) mass is 404 g/mol. The summed E-state index contributed by atoms with van der Waals surface area (Å²) in [4.78, 5) is 28.1. The van der Waals surface area contributed by atoms with Crippen LogP contribution in [0.3, 0.4) is 0 Å². The molecule has 144 valence electrons. The first-order valence-electron chi connectivity index (χ1n) is 8.89. The van der Waals surface area contributed by atoms with Gasteiger partial charge in [0, 0.05) is 22.5 Å². The second-order valence-corrected chi connectivity index (χ2v) is 8.01. The van der Waals surface area contributed by atoms with Crippen LogP contribution >= 0.6 is 23.4 Å². The van der Waals surface area contributed by atoms with Gasteiger partial charge in [-0.05, 0) is 44.5 Å². The molecule has 0 bridgehead atoms. The Labute approximate surface area is 170 Å². The van der Waals surface area contributed by atoms with E-state index in [-0.39, 0.29) is 23.6 Å². The van der Waals surface area contributed by atoms with E-state index in [9.17, 15) is 9.59 Å². The van der Waals surface area contributed by atoms with Crippen molar-refractivity contribution in [3.63, 3.8) is 0 Å². The summed E-state index contributed by atoms with van der Waals surface area (Å²) in [7, 11) is 0. The van der Waals surface area contributed by atoms with Crippen molar-refractivity contribution in [1.82, 2.24) is 10.2 Å². The van der Waals surface area contributed by atoms with Gasteiger partial charge in [0.05, 0.1) is 5.75 Å². The van der Waals surface area contributed by atoms with Gasteiger partial charge in [0.1, 0.15) is 6.04 Å². The summed E-state index contributed by atoms with van der Waals surface area (Å²) < 4.78 is 0. The third-order valence-electron chi connectivity index (χ3n) is 4.00. The maximum Gasteiger partial charge on any atom is 0.242 e. The summed E-state index contributed by atoms with van der Waals surface area (Å²) in [6.45, 7) is 5.84. The van der Waals surface area contributed by atoms with Crippen molar-refractivity contribution < 1.29 is 9.59 Å². The van der Waals surface area contributed by atoms with Gasteiger partial charge in [-0.1, -0.05) is 48.0 Å². The fraction of sp³-hybridized carbons (Fsp3) is 0.333. The number of benzene rings is 2. The molecule has 4 nitrogen and oxygen atoms in total. The molecule has 0 radical (unpaired) electrons. The van der Waals surface area contributed by atoms with Gasteiger partial charge < -0.3 is 10.2 Å². The molecule has 1 N–H and O–H groups in total. The molecule has 1 unspecified atom stereocenters. The van der Waals surface area contributed by atoms with E-state index >= 15 is 0 Å². The van der Waals surface area contributed by atoms with Gasteiger partial charge in [-0.3, -0.25) is 9.59 Å². The summed E-state index contributed by atoms with van der Waals surface area (Å²) in [6.07, 6.45) is 0. The van der Waals surface area contributed by atoms with E-state index in [2.05, 4.69) is 5.32 Å². The predicted octanol–water partition coefficient (Wildman–Crippen LogP) is 4.37. The molecule has 0 spiro atoms. The smallest absolute Gasteiger partial charge is 0.242 e. The average Bonchev–Trinajstić information content (AvgIpc) is 2.65. The normalized spacial score (nSPS) is 11.9. The molecule has 2 aromatic carbocycles. The van der Waals surface area contributed by atoms with Gasteiger partial charge in [0.2, 0.25) is 11.8 Å². The molecule has 2 rings (SSSR count). The molecule has 0 aliphatic rings. The first-order valence-corrected chi connectivity index (χ1v) is 10.3. The number of carbonyl (C=O) groups is 2. The van der Waals surface area contributed by atoms with E-state index < -0.39 is 6.04 Å². The van der Waals surface area contributed by atoms with Crippen LogP contribution in [0, 0.1) is 0 Å². The van der Waals surface area contributed by atoms with Gasteiger partial charge in [0.25, 0.3) is 0 Å². The zero-order valence-corrected chi connectivity index (χ0v) is 17.4. The van der Waals surface area contributed by atoms with Crippen molar-refractivity contribution in [2.45, 2.75) is 44.3 Å². The van der Waals surface area contributed by atoms with Gasteiger partial charge in [0.15, 0.2) is 0 Å². The molecule has 0 aliphatic carbocycles. The second-order valence-electron chi connectivity index (χ2n) is 6.55. The largest absolute Gasteiger partial charge is 0.352 e. The summed E-state index contributed by atoms with van der Waals surface area (Å²) in [5.74, 6) is -0.0152. The summed E-state index contributed by atoms with van der Waals surface area (Å²) in [5, 5.41) is 3.47. The number of nitrogens with one attached hydrogen (secondary N) is 1. The summed E-state index contributed by atoms with van der Waals surface area (Å²) in [5.41, 5.74) is 0.821. The highest BCUT2D eigenvalue weighted by Gasteiger charge is 2.27. The average molecular weight is 405 g/mol. The lowest BCUT2D eigenvalue weighted by Gasteiger charge is -2.29. The van der Waals surface area contributed by atoms with Crippen molar-refractivity contribution in [2.75, 3.05) is 5.75 Å². The van der Waals surface area contributed by atoms with Crippen molar-refractivity contribution in [2.24, 2.45) is 0 Å². The van der Waals surface area contributed by atoms with Crippen LogP contribution in [0.2, 0.25) is 5.02 Å². The number of hydrogen-bond donors (Lipinski definition) is 1. The lowest BCUT2D eigenvalue weighted by atomic mass is 10.1. The minimum Gasteiger partial charge on any atom is -0.352 e. The number of halogens is 1. The molecular formula is C21H25ClN2O2S. The number of carbonyl (C=O) groups excluding carboxylic acids is 2. The Morgan fingerprint density at radius 2 is 1.67 bits per heavy atom. The van der Waals surface area contributed by atoms with Crippen LogP contribution in [0.15, 0.2) is 59.5 Å². The van der Waals surface area contributed by atoms with Crippen molar-refractivity contribution >= 4 is 35.2 Å². The highest BCUT2D eigenvalue weighted by molar-refractivity contribution is 8.00. The van der Waals surface area contributed by atoms with E-state index in [0.717, 1.165) is 10.5 Å². The van der Waals surface area contributed by atoms with E-state index in [4.69, 9.17) is 11.6 Å². The number of rotatable bonds is 8. The molecule has 6 heteroatoms. The zero-order chi connectivity index (χ0) is 19.8. The minimum absolute atomic E-state index is 0.0101. The van der Waals surface area contributed by atoms with Gasteiger partial charge in [-0.15, -0.1) is 11.8 Å². The fourth-order valence-corrected chi connectivity index (χ4v) is 3.54. The van der Waals surface area contributed by atoms with E-state index in [1.54, 1.807) is 17.9 Å². The highest BCUT2D eigenvalue weighted by Crippen LogP contribution is 2.22. The van der Waals surface area contributed by atoms with Crippen molar-refractivity contribution in [3.05, 3.63) is 65.2 Å². The number of hydrogen-bond acceptors (Lipinski definition) is 3. The highest BCUT2D eigenvalue weighted by atomic mass is 35.5. The van der Waals surface area contributed by atoms with Crippen molar-refractivity contribution in [3.8, 4) is 0 Å². The van der Waals surface area contributed by atoms with Crippen LogP contribution < -0.4 is 5.32 Å². The third-order valence-corrected chi connectivity index (χ3v) is 5.37. The second kappa shape index (κ2) is 10.4. The van der Waals surface area contributed by atoms with E-state index in [0.29, 0.717) is 11.6 Å². The van der Waals surface area contributed by atoms with E-state index in [1.807, 2.05) is 62.4 Å². The number of nitrogens with zero attached hydrogens (tertiary/aromatic N) is 1. The lowest BCUT2D eigenvalue weighted by molar-refractivity contribution is -0.138. The molecule has 0 saturated heterocycles. The summed E-state index contributed by atoms with van der Waals surface area (Å²) >= 11 is 7.73. The number of thioether (sulfide) groups is 1.